The molecule has 0 heterocycles. The van der Waals surface area contributed by atoms with Crippen molar-refractivity contribution in [2.75, 3.05) is 39.8 Å². The van der Waals surface area contributed by atoms with Gasteiger partial charge >= 0.3 is 0 Å². The number of ether oxygens (including phenoxy) is 2. The number of nitrogens with two attached hydrogens (primary N) is 1. The smallest absolute Gasteiger partial charge is 0.204 e. The Morgan fingerprint density at radius 3 is 2.61 bits per heavy atom. The van der Waals surface area contributed by atoms with E-state index in [1.165, 1.54) is 0 Å². The van der Waals surface area contributed by atoms with Crippen LogP contribution in [-0.2, 0) is 20.0 Å². The molecule has 0 bridgehead atoms. The Balaban J connectivity index is 2.68. The monoisotopic (exact) mass is 273 g/mol. The second-order valence-electron chi connectivity index (χ2n) is 4.07. The van der Waals surface area contributed by atoms with Gasteiger partial charge in [0.05, 0.1) is 26.0 Å². The summed E-state index contributed by atoms with van der Waals surface area (Å²) in [4.78, 5) is 0. The first kappa shape index (κ1) is 15.0. The molecule has 1 unspecified atom stereocenters. The van der Waals surface area contributed by atoms with Gasteiger partial charge in [0.1, 0.15) is 5.75 Å². The Morgan fingerprint density at radius 2 is 2.00 bits per heavy atom. The van der Waals surface area contributed by atoms with Crippen molar-refractivity contribution < 1.29 is 18.6 Å². The lowest BCUT2D eigenvalue weighted by atomic mass is 10.2. The molecule has 0 radical (unpaired) electrons. The predicted molar refractivity (Wildman–Crippen MR) is 72.5 cm³/mol. The van der Waals surface area contributed by atoms with Crippen LogP contribution in [0.15, 0.2) is 18.2 Å². The molecular weight excluding hydrogens is 253 g/mol. The predicted octanol–water partition coefficient (Wildman–Crippen LogP) is 2.35. The molecule has 1 atom stereocenters. The summed E-state index contributed by atoms with van der Waals surface area (Å²) in [7, 11) is 0.464. The summed E-state index contributed by atoms with van der Waals surface area (Å²) >= 11 is 0. The largest absolute Gasteiger partial charge is 0.495 e. The van der Waals surface area contributed by atoms with Crippen molar-refractivity contribution >= 4 is 13.1 Å². The number of methoxy groups -OCH3 is 2. The lowest BCUT2D eigenvalue weighted by Gasteiger charge is -2.14. The summed E-state index contributed by atoms with van der Waals surface area (Å²) in [5, 5.41) is 0. The van der Waals surface area contributed by atoms with E-state index in [4.69, 9.17) is 19.7 Å². The SMILES string of the molecule is COCCOP(C)(=O)Cc1ccc(N)c(OC)c1. The number of nitrogen functional groups attached to an aromatic ring is 1. The van der Waals surface area contributed by atoms with Gasteiger partial charge in [0.2, 0.25) is 7.37 Å². The van der Waals surface area contributed by atoms with Crippen LogP contribution in [0.25, 0.3) is 0 Å². The van der Waals surface area contributed by atoms with E-state index < -0.39 is 7.37 Å². The molecule has 6 heteroatoms. The minimum absolute atomic E-state index is 0.330. The van der Waals surface area contributed by atoms with Crippen molar-refractivity contribution in [3.05, 3.63) is 23.8 Å². The highest BCUT2D eigenvalue weighted by atomic mass is 31.2. The van der Waals surface area contributed by atoms with E-state index in [-0.39, 0.29) is 0 Å². The van der Waals surface area contributed by atoms with Gasteiger partial charge in [-0.05, 0) is 17.7 Å². The fourth-order valence-electron chi connectivity index (χ4n) is 1.54. The van der Waals surface area contributed by atoms with Crippen LogP contribution in [0.4, 0.5) is 5.69 Å². The van der Waals surface area contributed by atoms with E-state index in [0.29, 0.717) is 30.8 Å². The van der Waals surface area contributed by atoms with E-state index >= 15 is 0 Å². The van der Waals surface area contributed by atoms with Crippen molar-refractivity contribution in [2.45, 2.75) is 6.16 Å². The van der Waals surface area contributed by atoms with Gasteiger partial charge < -0.3 is 19.7 Å². The molecule has 102 valence electrons. The fourth-order valence-corrected chi connectivity index (χ4v) is 2.96. The minimum Gasteiger partial charge on any atom is -0.495 e. The summed E-state index contributed by atoms with van der Waals surface area (Å²) in [6.45, 7) is 2.38. The molecule has 5 nitrogen and oxygen atoms in total. The molecule has 1 aromatic rings. The number of hydrogen-bond donors (Lipinski definition) is 1. The summed E-state index contributed by atoms with van der Waals surface area (Å²) in [6, 6.07) is 5.35. The fraction of sp³-hybridized carbons (Fsp3) is 0.500. The van der Waals surface area contributed by atoms with E-state index in [1.54, 1.807) is 33.0 Å². The van der Waals surface area contributed by atoms with Crippen LogP contribution in [0.5, 0.6) is 5.75 Å². The van der Waals surface area contributed by atoms with E-state index in [2.05, 4.69) is 0 Å². The molecule has 0 amide bonds. The van der Waals surface area contributed by atoms with E-state index in [0.717, 1.165) is 5.56 Å². The summed E-state index contributed by atoms with van der Waals surface area (Å²) in [5.74, 6) is 0.587. The molecular formula is C12H20NO4P. The topological polar surface area (TPSA) is 70.8 Å². The number of benzene rings is 1. The van der Waals surface area contributed by atoms with Crippen LogP contribution in [0.2, 0.25) is 0 Å². The maximum absolute atomic E-state index is 12.2. The normalized spacial score (nSPS) is 14.2. The summed E-state index contributed by atoms with van der Waals surface area (Å²) in [5.41, 5.74) is 7.16. The molecule has 0 aliphatic heterocycles. The van der Waals surface area contributed by atoms with Crippen molar-refractivity contribution in [3.8, 4) is 5.75 Å². The molecule has 0 saturated heterocycles. The zero-order chi connectivity index (χ0) is 13.6. The zero-order valence-corrected chi connectivity index (χ0v) is 11.9. The Hall–Kier alpha value is -1.03. The molecule has 18 heavy (non-hydrogen) atoms. The van der Waals surface area contributed by atoms with Crippen LogP contribution in [0.3, 0.4) is 0 Å². The molecule has 0 aliphatic rings. The first-order chi connectivity index (χ1) is 8.48. The molecule has 2 N–H and O–H groups in total. The molecule has 0 saturated carbocycles. The van der Waals surface area contributed by atoms with Gasteiger partial charge in [0, 0.05) is 19.9 Å². The van der Waals surface area contributed by atoms with Gasteiger partial charge in [-0.1, -0.05) is 6.07 Å². The highest BCUT2D eigenvalue weighted by Crippen LogP contribution is 2.46. The Bertz CT molecular complexity index is 436. The third-order valence-corrected chi connectivity index (χ3v) is 4.09. The Labute approximate surface area is 108 Å². The van der Waals surface area contributed by atoms with Crippen molar-refractivity contribution in [3.63, 3.8) is 0 Å². The summed E-state index contributed by atoms with van der Waals surface area (Å²) in [6.07, 6.45) is 0.355. The average molecular weight is 273 g/mol. The molecule has 0 fully saturated rings. The second-order valence-corrected chi connectivity index (χ2v) is 6.68. The maximum Gasteiger partial charge on any atom is 0.204 e. The van der Waals surface area contributed by atoms with E-state index in [1.807, 2.05) is 6.07 Å². The van der Waals surface area contributed by atoms with Gasteiger partial charge in [-0.3, -0.25) is 4.57 Å². The van der Waals surface area contributed by atoms with Gasteiger partial charge in [0.15, 0.2) is 0 Å². The molecule has 1 aromatic carbocycles. The quantitative estimate of drug-likeness (QED) is 0.469. The van der Waals surface area contributed by atoms with Crippen molar-refractivity contribution in [2.24, 2.45) is 0 Å². The second kappa shape index (κ2) is 6.78. The first-order valence-electron chi connectivity index (χ1n) is 5.61. The standard InChI is InChI=1S/C12H20NO4P/c1-15-6-7-17-18(3,14)9-10-4-5-11(13)12(8-10)16-2/h4-5,8H,6-7,9,13H2,1-3H3. The van der Waals surface area contributed by atoms with Gasteiger partial charge in [-0.15, -0.1) is 0 Å². The van der Waals surface area contributed by atoms with Crippen LogP contribution in [0.1, 0.15) is 5.56 Å². The molecule has 0 aromatic heterocycles. The van der Waals surface area contributed by atoms with Crippen molar-refractivity contribution in [1.29, 1.82) is 0 Å². The molecule has 0 aliphatic carbocycles. The first-order valence-corrected chi connectivity index (χ1v) is 7.86. The van der Waals surface area contributed by atoms with Gasteiger partial charge in [-0.2, -0.15) is 0 Å². The third-order valence-electron chi connectivity index (χ3n) is 2.42. The third kappa shape index (κ3) is 4.69. The zero-order valence-electron chi connectivity index (χ0n) is 11.0. The Morgan fingerprint density at radius 1 is 1.28 bits per heavy atom. The van der Waals surface area contributed by atoms with E-state index in [9.17, 15) is 4.57 Å². The Kier molecular flexibility index (Phi) is 5.66. The van der Waals surface area contributed by atoms with Crippen molar-refractivity contribution in [1.82, 2.24) is 0 Å². The highest BCUT2D eigenvalue weighted by molar-refractivity contribution is 7.57. The maximum atomic E-state index is 12.2. The lowest BCUT2D eigenvalue weighted by molar-refractivity contribution is 0.148. The minimum atomic E-state index is -2.67. The molecule has 0 spiro atoms. The number of anilines is 1. The molecule has 1 rings (SSSR count). The van der Waals surface area contributed by atoms with Crippen LogP contribution < -0.4 is 10.5 Å². The highest BCUT2D eigenvalue weighted by Gasteiger charge is 2.17. The lowest BCUT2D eigenvalue weighted by Crippen LogP contribution is -2.01. The average Bonchev–Trinajstić information content (AvgIpc) is 2.31. The summed E-state index contributed by atoms with van der Waals surface area (Å²) < 4.78 is 27.5. The van der Waals surface area contributed by atoms with Crippen LogP contribution in [0, 0.1) is 0 Å². The number of hydrogen-bond acceptors (Lipinski definition) is 5. The van der Waals surface area contributed by atoms with Gasteiger partial charge in [0.25, 0.3) is 0 Å². The van der Waals surface area contributed by atoms with Gasteiger partial charge in [-0.25, -0.2) is 0 Å². The van der Waals surface area contributed by atoms with Crippen LogP contribution in [-0.4, -0.2) is 34.1 Å². The number of rotatable bonds is 7. The van der Waals surface area contributed by atoms with Crippen LogP contribution >= 0.6 is 7.37 Å².